The summed E-state index contributed by atoms with van der Waals surface area (Å²) in [5, 5.41) is 11.1. The topological polar surface area (TPSA) is 42.2 Å². The zero-order chi connectivity index (χ0) is 18.8. The van der Waals surface area contributed by atoms with Crippen molar-refractivity contribution in [2.75, 3.05) is 0 Å². The third kappa shape index (κ3) is 3.46. The Labute approximate surface area is 162 Å². The molecule has 0 aliphatic heterocycles. The first kappa shape index (κ1) is 17.4. The molecule has 0 aliphatic rings. The van der Waals surface area contributed by atoms with Gasteiger partial charge in [-0.2, -0.15) is 0 Å². The van der Waals surface area contributed by atoms with Gasteiger partial charge in [-0.1, -0.05) is 72.3 Å². The molecule has 4 heteroatoms. The quantitative estimate of drug-likeness (QED) is 0.496. The molecule has 1 N–H and O–H groups in total. The van der Waals surface area contributed by atoms with Gasteiger partial charge in [-0.3, -0.25) is 4.79 Å². The Kier molecular flexibility index (Phi) is 4.69. The second kappa shape index (κ2) is 7.29. The van der Waals surface area contributed by atoms with Crippen LogP contribution in [0.2, 0.25) is 5.02 Å². The maximum Gasteiger partial charge on any atom is 0.323 e. The highest BCUT2D eigenvalue weighted by atomic mass is 35.5. The van der Waals surface area contributed by atoms with Crippen LogP contribution in [0.4, 0.5) is 0 Å². The van der Waals surface area contributed by atoms with E-state index in [4.69, 9.17) is 11.6 Å². The number of carboxylic acids is 1. The Morgan fingerprint density at radius 2 is 1.52 bits per heavy atom. The maximum absolute atomic E-state index is 11.3. The normalized spacial score (nSPS) is 12.2. The molecule has 1 unspecified atom stereocenters. The third-order valence-corrected chi connectivity index (χ3v) is 5.02. The van der Waals surface area contributed by atoms with E-state index in [1.165, 1.54) is 0 Å². The fraction of sp³-hybridized carbons (Fsp3) is 0.0870. The van der Waals surface area contributed by atoms with Gasteiger partial charge in [0, 0.05) is 28.0 Å². The lowest BCUT2D eigenvalue weighted by molar-refractivity contribution is -0.137. The van der Waals surface area contributed by atoms with Gasteiger partial charge in [-0.15, -0.1) is 0 Å². The summed E-state index contributed by atoms with van der Waals surface area (Å²) in [4.78, 5) is 11.3. The molecule has 0 amide bonds. The molecule has 3 aromatic carbocycles. The number of nitrogens with zero attached hydrogens (tertiary/aromatic N) is 1. The van der Waals surface area contributed by atoms with Crippen LogP contribution in [0.3, 0.4) is 0 Å². The lowest BCUT2D eigenvalue weighted by atomic mass is 9.85. The van der Waals surface area contributed by atoms with E-state index >= 15 is 0 Å². The SMILES string of the molecule is O=C(O)Cn1cc(C(c2ccccc2)c2ccc(Cl)cc2)c2ccccc21. The Morgan fingerprint density at radius 1 is 0.889 bits per heavy atom. The summed E-state index contributed by atoms with van der Waals surface area (Å²) < 4.78 is 1.80. The van der Waals surface area contributed by atoms with Gasteiger partial charge in [0.15, 0.2) is 0 Å². The molecule has 134 valence electrons. The van der Waals surface area contributed by atoms with Crippen molar-refractivity contribution < 1.29 is 9.90 Å². The molecule has 1 heterocycles. The molecular weight excluding hydrogens is 358 g/mol. The van der Waals surface area contributed by atoms with Crippen molar-refractivity contribution in [3.8, 4) is 0 Å². The smallest absolute Gasteiger partial charge is 0.323 e. The number of carboxylic acid groups (broad SMARTS) is 1. The minimum Gasteiger partial charge on any atom is -0.480 e. The van der Waals surface area contributed by atoms with Crippen LogP contribution in [0.15, 0.2) is 85.1 Å². The number of para-hydroxylation sites is 1. The van der Waals surface area contributed by atoms with Crippen LogP contribution in [0.25, 0.3) is 10.9 Å². The number of benzene rings is 3. The minimum absolute atomic E-state index is 0.0107. The first-order valence-electron chi connectivity index (χ1n) is 8.73. The predicted molar refractivity (Wildman–Crippen MR) is 108 cm³/mol. The van der Waals surface area contributed by atoms with E-state index in [0.29, 0.717) is 5.02 Å². The predicted octanol–water partition coefficient (Wildman–Crippen LogP) is 5.56. The highest BCUT2D eigenvalue weighted by Crippen LogP contribution is 2.37. The van der Waals surface area contributed by atoms with Crippen molar-refractivity contribution in [3.05, 3.63) is 107 Å². The third-order valence-electron chi connectivity index (χ3n) is 4.77. The number of aliphatic carboxylic acids is 1. The van der Waals surface area contributed by atoms with Crippen molar-refractivity contribution in [3.63, 3.8) is 0 Å². The van der Waals surface area contributed by atoms with Gasteiger partial charge in [0.1, 0.15) is 6.54 Å². The minimum atomic E-state index is -0.856. The molecule has 3 nitrogen and oxygen atoms in total. The van der Waals surface area contributed by atoms with Gasteiger partial charge in [0.05, 0.1) is 0 Å². The number of aromatic nitrogens is 1. The highest BCUT2D eigenvalue weighted by molar-refractivity contribution is 6.30. The summed E-state index contributed by atoms with van der Waals surface area (Å²) in [5.41, 5.74) is 4.27. The first-order chi connectivity index (χ1) is 13.1. The second-order valence-electron chi connectivity index (χ2n) is 6.52. The Bertz CT molecular complexity index is 1080. The van der Waals surface area contributed by atoms with Crippen molar-refractivity contribution in [2.24, 2.45) is 0 Å². The second-order valence-corrected chi connectivity index (χ2v) is 6.95. The zero-order valence-electron chi connectivity index (χ0n) is 14.5. The monoisotopic (exact) mass is 375 g/mol. The summed E-state index contributed by atoms with van der Waals surface area (Å²) in [7, 11) is 0. The average molecular weight is 376 g/mol. The van der Waals surface area contributed by atoms with Crippen LogP contribution in [0, 0.1) is 0 Å². The van der Waals surface area contributed by atoms with Crippen LogP contribution in [0.5, 0.6) is 0 Å². The van der Waals surface area contributed by atoms with Crippen LogP contribution < -0.4 is 0 Å². The van der Waals surface area contributed by atoms with E-state index in [-0.39, 0.29) is 12.5 Å². The molecule has 0 spiro atoms. The molecule has 27 heavy (non-hydrogen) atoms. The van der Waals surface area contributed by atoms with Gasteiger partial charge in [0.25, 0.3) is 0 Å². The highest BCUT2D eigenvalue weighted by Gasteiger charge is 2.22. The molecule has 1 atom stereocenters. The molecule has 0 saturated heterocycles. The molecule has 0 fully saturated rings. The summed E-state index contributed by atoms with van der Waals surface area (Å²) >= 11 is 6.10. The van der Waals surface area contributed by atoms with E-state index < -0.39 is 5.97 Å². The summed E-state index contributed by atoms with van der Waals surface area (Å²) in [5.74, 6) is -0.867. The fourth-order valence-electron chi connectivity index (χ4n) is 3.63. The average Bonchev–Trinajstić information content (AvgIpc) is 3.02. The lowest BCUT2D eigenvalue weighted by Gasteiger charge is -2.18. The lowest BCUT2D eigenvalue weighted by Crippen LogP contribution is -2.07. The van der Waals surface area contributed by atoms with E-state index in [1.54, 1.807) is 4.57 Å². The van der Waals surface area contributed by atoms with E-state index in [9.17, 15) is 9.90 Å². The van der Waals surface area contributed by atoms with Crippen LogP contribution >= 0.6 is 11.6 Å². The molecule has 0 aliphatic carbocycles. The number of rotatable bonds is 5. The molecule has 4 rings (SSSR count). The maximum atomic E-state index is 11.3. The van der Waals surface area contributed by atoms with E-state index in [1.807, 2.05) is 66.9 Å². The molecule has 0 saturated carbocycles. The summed E-state index contributed by atoms with van der Waals surface area (Å²) in [6, 6.07) is 26.0. The number of fused-ring (bicyclic) bond motifs is 1. The van der Waals surface area contributed by atoms with Gasteiger partial charge in [-0.05, 0) is 34.9 Å². The number of halogens is 1. The molecule has 4 aromatic rings. The van der Waals surface area contributed by atoms with Crippen molar-refractivity contribution in [2.45, 2.75) is 12.5 Å². The van der Waals surface area contributed by atoms with Gasteiger partial charge >= 0.3 is 5.97 Å². The van der Waals surface area contributed by atoms with Gasteiger partial charge < -0.3 is 9.67 Å². The molecule has 0 radical (unpaired) electrons. The van der Waals surface area contributed by atoms with Crippen LogP contribution in [-0.4, -0.2) is 15.6 Å². The van der Waals surface area contributed by atoms with Crippen molar-refractivity contribution >= 4 is 28.5 Å². The molecule has 1 aromatic heterocycles. The van der Waals surface area contributed by atoms with Crippen molar-refractivity contribution in [1.82, 2.24) is 4.57 Å². The van der Waals surface area contributed by atoms with Gasteiger partial charge in [-0.25, -0.2) is 0 Å². The standard InChI is InChI=1S/C23H18ClNO2/c24-18-12-10-17(11-13-18)23(16-6-2-1-3-7-16)20-14-25(15-22(26)27)21-9-5-4-8-19(20)21/h1-14,23H,15H2,(H,26,27). The Hall–Kier alpha value is -3.04. The molecule has 0 bridgehead atoms. The number of carbonyl (C=O) groups is 1. The molecular formula is C23H18ClNO2. The summed E-state index contributed by atoms with van der Waals surface area (Å²) in [6.07, 6.45) is 1.96. The number of hydrogen-bond donors (Lipinski definition) is 1. The fourth-order valence-corrected chi connectivity index (χ4v) is 3.76. The first-order valence-corrected chi connectivity index (χ1v) is 9.11. The van der Waals surface area contributed by atoms with Gasteiger partial charge in [0.2, 0.25) is 0 Å². The van der Waals surface area contributed by atoms with Crippen LogP contribution in [-0.2, 0) is 11.3 Å². The van der Waals surface area contributed by atoms with Crippen molar-refractivity contribution in [1.29, 1.82) is 0 Å². The van der Waals surface area contributed by atoms with Crippen LogP contribution in [0.1, 0.15) is 22.6 Å². The Morgan fingerprint density at radius 3 is 2.22 bits per heavy atom. The summed E-state index contributed by atoms with van der Waals surface area (Å²) in [6.45, 7) is -0.0668. The van der Waals surface area contributed by atoms with E-state index in [0.717, 1.165) is 27.6 Å². The Balaban J connectivity index is 1.95. The number of hydrogen-bond acceptors (Lipinski definition) is 1. The zero-order valence-corrected chi connectivity index (χ0v) is 15.3. The largest absolute Gasteiger partial charge is 0.480 e. The van der Waals surface area contributed by atoms with E-state index in [2.05, 4.69) is 18.2 Å².